The molecule has 0 aliphatic carbocycles. The van der Waals surface area contributed by atoms with Crippen LogP contribution in [-0.4, -0.2) is 38.1 Å². The predicted molar refractivity (Wildman–Crippen MR) is 124 cm³/mol. The first-order chi connectivity index (χ1) is 15.2. The minimum absolute atomic E-state index is 0.0279. The summed E-state index contributed by atoms with van der Waals surface area (Å²) in [6.45, 7) is 1.34. The largest absolute Gasteiger partial charge is 0.497 e. The molecule has 1 saturated heterocycles. The SMILES string of the molecule is COc1ccc(C(NC(=O)CN2CCCC2c2cccs2)c2ccc(OC)cc2)cc1. The molecule has 0 radical (unpaired) electrons. The highest BCUT2D eigenvalue weighted by Gasteiger charge is 2.29. The Kier molecular flexibility index (Phi) is 6.89. The van der Waals surface area contributed by atoms with Gasteiger partial charge in [0, 0.05) is 10.9 Å². The smallest absolute Gasteiger partial charge is 0.234 e. The fraction of sp³-hybridized carbons (Fsp3) is 0.320. The molecule has 1 N–H and O–H groups in total. The van der Waals surface area contributed by atoms with Crippen LogP contribution in [0.4, 0.5) is 0 Å². The molecule has 1 atom stereocenters. The van der Waals surface area contributed by atoms with Crippen molar-refractivity contribution in [2.24, 2.45) is 0 Å². The fourth-order valence-electron chi connectivity index (χ4n) is 4.16. The molecule has 162 valence electrons. The van der Waals surface area contributed by atoms with Crippen molar-refractivity contribution >= 4 is 17.2 Å². The van der Waals surface area contributed by atoms with Crippen LogP contribution >= 0.6 is 11.3 Å². The molecule has 0 saturated carbocycles. The molecule has 1 aromatic heterocycles. The topological polar surface area (TPSA) is 50.8 Å². The summed E-state index contributed by atoms with van der Waals surface area (Å²) in [7, 11) is 3.30. The van der Waals surface area contributed by atoms with E-state index in [0.29, 0.717) is 12.6 Å². The van der Waals surface area contributed by atoms with Gasteiger partial charge in [-0.05, 0) is 66.2 Å². The van der Waals surface area contributed by atoms with E-state index < -0.39 is 0 Å². The molecule has 0 bridgehead atoms. The average Bonchev–Trinajstić information content (AvgIpc) is 3.50. The van der Waals surface area contributed by atoms with Gasteiger partial charge in [-0.1, -0.05) is 30.3 Å². The Morgan fingerprint density at radius 2 is 1.65 bits per heavy atom. The van der Waals surface area contributed by atoms with Gasteiger partial charge in [-0.3, -0.25) is 9.69 Å². The van der Waals surface area contributed by atoms with Gasteiger partial charge in [0.25, 0.3) is 0 Å². The molecule has 31 heavy (non-hydrogen) atoms. The number of nitrogens with one attached hydrogen (secondary N) is 1. The first kappa shape index (κ1) is 21.4. The Labute approximate surface area is 187 Å². The summed E-state index contributed by atoms with van der Waals surface area (Å²) in [6, 6.07) is 20.0. The summed E-state index contributed by atoms with van der Waals surface area (Å²) in [5.41, 5.74) is 2.02. The van der Waals surface area contributed by atoms with Gasteiger partial charge in [0.15, 0.2) is 0 Å². The van der Waals surface area contributed by atoms with Crippen LogP contribution in [0.3, 0.4) is 0 Å². The molecule has 6 heteroatoms. The second kappa shape index (κ2) is 9.98. The summed E-state index contributed by atoms with van der Waals surface area (Å²) in [5, 5.41) is 5.36. The molecular weight excluding hydrogens is 408 g/mol. The molecular formula is C25H28N2O3S. The number of ether oxygens (including phenoxy) is 2. The molecule has 2 heterocycles. The number of methoxy groups -OCH3 is 2. The number of thiophene rings is 1. The quantitative estimate of drug-likeness (QED) is 0.551. The Balaban J connectivity index is 1.52. The van der Waals surface area contributed by atoms with Crippen molar-refractivity contribution in [2.75, 3.05) is 27.3 Å². The van der Waals surface area contributed by atoms with E-state index in [1.165, 1.54) is 4.88 Å². The number of likely N-dealkylation sites (tertiary alicyclic amines) is 1. The molecule has 0 spiro atoms. The monoisotopic (exact) mass is 436 g/mol. The van der Waals surface area contributed by atoms with Crippen LogP contribution in [0.1, 0.15) is 40.9 Å². The van der Waals surface area contributed by atoms with Crippen molar-refractivity contribution in [3.05, 3.63) is 82.0 Å². The van der Waals surface area contributed by atoms with Gasteiger partial charge in [0.05, 0.1) is 26.8 Å². The summed E-state index contributed by atoms with van der Waals surface area (Å²) in [5.74, 6) is 1.61. The Morgan fingerprint density at radius 3 is 2.16 bits per heavy atom. The maximum Gasteiger partial charge on any atom is 0.234 e. The van der Waals surface area contributed by atoms with Crippen LogP contribution in [0, 0.1) is 0 Å². The lowest BCUT2D eigenvalue weighted by Crippen LogP contribution is -2.38. The number of carbonyl (C=O) groups excluding carboxylic acids is 1. The highest BCUT2D eigenvalue weighted by atomic mass is 32.1. The second-order valence-corrected chi connectivity index (χ2v) is 8.67. The predicted octanol–water partition coefficient (Wildman–Crippen LogP) is 4.81. The van der Waals surface area contributed by atoms with E-state index in [1.807, 2.05) is 48.5 Å². The van der Waals surface area contributed by atoms with Crippen LogP contribution in [0.15, 0.2) is 66.0 Å². The van der Waals surface area contributed by atoms with E-state index in [0.717, 1.165) is 42.0 Å². The van der Waals surface area contributed by atoms with E-state index in [2.05, 4.69) is 27.7 Å². The lowest BCUT2D eigenvalue weighted by molar-refractivity contribution is -0.123. The minimum atomic E-state index is -0.243. The summed E-state index contributed by atoms with van der Waals surface area (Å²) in [6.07, 6.45) is 2.23. The van der Waals surface area contributed by atoms with E-state index in [-0.39, 0.29) is 11.9 Å². The number of rotatable bonds is 8. The highest BCUT2D eigenvalue weighted by molar-refractivity contribution is 7.10. The van der Waals surface area contributed by atoms with Crippen LogP contribution in [0.25, 0.3) is 0 Å². The fourth-order valence-corrected chi connectivity index (χ4v) is 5.06. The van der Waals surface area contributed by atoms with Crippen LogP contribution in [0.2, 0.25) is 0 Å². The van der Waals surface area contributed by atoms with Crippen molar-refractivity contribution < 1.29 is 14.3 Å². The Hall–Kier alpha value is -2.83. The van der Waals surface area contributed by atoms with Crippen molar-refractivity contribution in [3.63, 3.8) is 0 Å². The van der Waals surface area contributed by atoms with Gasteiger partial charge < -0.3 is 14.8 Å². The first-order valence-electron chi connectivity index (χ1n) is 10.5. The zero-order chi connectivity index (χ0) is 21.6. The number of nitrogens with zero attached hydrogens (tertiary/aromatic N) is 1. The van der Waals surface area contributed by atoms with Gasteiger partial charge in [-0.2, -0.15) is 0 Å². The van der Waals surface area contributed by atoms with Gasteiger partial charge >= 0.3 is 0 Å². The third-order valence-corrected chi connectivity index (χ3v) is 6.76. The summed E-state index contributed by atoms with van der Waals surface area (Å²) in [4.78, 5) is 16.8. The Morgan fingerprint density at radius 1 is 1.03 bits per heavy atom. The molecule has 4 rings (SSSR count). The lowest BCUT2D eigenvalue weighted by atomic mass is 9.98. The van der Waals surface area contributed by atoms with E-state index in [1.54, 1.807) is 25.6 Å². The summed E-state index contributed by atoms with van der Waals surface area (Å²) < 4.78 is 10.6. The van der Waals surface area contributed by atoms with Crippen LogP contribution in [-0.2, 0) is 4.79 Å². The zero-order valence-electron chi connectivity index (χ0n) is 17.9. The van der Waals surface area contributed by atoms with Gasteiger partial charge in [-0.25, -0.2) is 0 Å². The average molecular weight is 437 g/mol. The molecule has 1 aliphatic rings. The van der Waals surface area contributed by atoms with Crippen molar-refractivity contribution in [1.29, 1.82) is 0 Å². The van der Waals surface area contributed by atoms with Crippen molar-refractivity contribution in [1.82, 2.24) is 10.2 Å². The van der Waals surface area contributed by atoms with E-state index >= 15 is 0 Å². The summed E-state index contributed by atoms with van der Waals surface area (Å²) >= 11 is 1.77. The maximum absolute atomic E-state index is 13.1. The minimum Gasteiger partial charge on any atom is -0.497 e. The highest BCUT2D eigenvalue weighted by Crippen LogP contribution is 2.34. The van der Waals surface area contributed by atoms with Crippen LogP contribution in [0.5, 0.6) is 11.5 Å². The van der Waals surface area contributed by atoms with E-state index in [4.69, 9.17) is 9.47 Å². The molecule has 1 aliphatic heterocycles. The molecule has 1 fully saturated rings. The third-order valence-electron chi connectivity index (χ3n) is 5.79. The second-order valence-electron chi connectivity index (χ2n) is 7.69. The molecule has 3 aromatic rings. The molecule has 1 unspecified atom stereocenters. The molecule has 2 aromatic carbocycles. The zero-order valence-corrected chi connectivity index (χ0v) is 18.7. The number of amides is 1. The van der Waals surface area contributed by atoms with E-state index in [9.17, 15) is 4.79 Å². The van der Waals surface area contributed by atoms with Gasteiger partial charge in [0.2, 0.25) is 5.91 Å². The van der Waals surface area contributed by atoms with Gasteiger partial charge in [-0.15, -0.1) is 11.3 Å². The normalized spacial score (nSPS) is 16.4. The molecule has 1 amide bonds. The van der Waals surface area contributed by atoms with Crippen molar-refractivity contribution in [2.45, 2.75) is 24.9 Å². The number of benzene rings is 2. The molecule has 5 nitrogen and oxygen atoms in total. The lowest BCUT2D eigenvalue weighted by Gasteiger charge is -2.25. The number of carbonyl (C=O) groups is 1. The Bertz CT molecular complexity index is 924. The van der Waals surface area contributed by atoms with Gasteiger partial charge in [0.1, 0.15) is 11.5 Å². The van der Waals surface area contributed by atoms with Crippen molar-refractivity contribution in [3.8, 4) is 11.5 Å². The first-order valence-corrected chi connectivity index (χ1v) is 11.4. The maximum atomic E-state index is 13.1. The number of hydrogen-bond acceptors (Lipinski definition) is 5. The standard InChI is InChI=1S/C25H28N2O3S/c1-29-20-11-7-18(8-12-20)25(19-9-13-21(30-2)14-10-19)26-24(28)17-27-15-3-5-22(27)23-6-4-16-31-23/h4,6-14,16,22,25H,3,5,15,17H2,1-2H3,(H,26,28). The third kappa shape index (κ3) is 5.09. The van der Waals surface area contributed by atoms with Crippen LogP contribution < -0.4 is 14.8 Å². The number of hydrogen-bond donors (Lipinski definition) is 1.